The van der Waals surface area contributed by atoms with Gasteiger partial charge in [0, 0.05) is 5.56 Å². The Morgan fingerprint density at radius 3 is 2.48 bits per heavy atom. The average Bonchev–Trinajstić information content (AvgIpc) is 2.59. The summed E-state index contributed by atoms with van der Waals surface area (Å²) >= 11 is 0. The molecule has 0 bridgehead atoms. The van der Waals surface area contributed by atoms with Gasteiger partial charge in [0.15, 0.2) is 5.75 Å². The fourth-order valence-electron chi connectivity index (χ4n) is 2.82. The number of phenols is 1. The monoisotopic (exact) mass is 343 g/mol. The molecule has 5 nitrogen and oxygen atoms in total. The van der Waals surface area contributed by atoms with Crippen molar-refractivity contribution in [2.75, 3.05) is 0 Å². The van der Waals surface area contributed by atoms with Crippen LogP contribution in [0.4, 0.5) is 5.69 Å². The van der Waals surface area contributed by atoms with Gasteiger partial charge in [0.2, 0.25) is 5.75 Å². The van der Waals surface area contributed by atoms with Gasteiger partial charge in [0.1, 0.15) is 0 Å². The Morgan fingerprint density at radius 2 is 1.84 bits per heavy atom. The lowest BCUT2D eigenvalue weighted by Gasteiger charge is -2.18. The van der Waals surface area contributed by atoms with Crippen molar-refractivity contribution in [2.24, 2.45) is 0 Å². The molecule has 0 aliphatic carbocycles. The van der Waals surface area contributed by atoms with Crippen molar-refractivity contribution in [1.29, 1.82) is 0 Å². The van der Waals surface area contributed by atoms with E-state index in [1.54, 1.807) is 6.07 Å². The third kappa shape index (κ3) is 4.95. The summed E-state index contributed by atoms with van der Waals surface area (Å²) in [4.78, 5) is 10.9. The summed E-state index contributed by atoms with van der Waals surface area (Å²) in [5.41, 5.74) is 1.06. The molecule has 1 atom stereocenters. The first kappa shape index (κ1) is 18.8. The van der Waals surface area contributed by atoms with E-state index in [0.717, 1.165) is 31.2 Å². The SMILES string of the molecule is CCCCCCC(C)Oc1c(-c2ccccc2)ccc(O)c1[N+](=O)[O-]. The van der Waals surface area contributed by atoms with Gasteiger partial charge in [-0.3, -0.25) is 10.1 Å². The summed E-state index contributed by atoms with van der Waals surface area (Å²) in [6, 6.07) is 12.4. The van der Waals surface area contributed by atoms with E-state index >= 15 is 0 Å². The summed E-state index contributed by atoms with van der Waals surface area (Å²) in [6.45, 7) is 4.07. The number of aromatic hydroxyl groups is 1. The predicted molar refractivity (Wildman–Crippen MR) is 99.0 cm³/mol. The fraction of sp³-hybridized carbons (Fsp3) is 0.400. The molecule has 5 heteroatoms. The van der Waals surface area contributed by atoms with Crippen LogP contribution >= 0.6 is 0 Å². The molecule has 0 heterocycles. The highest BCUT2D eigenvalue weighted by atomic mass is 16.6. The molecule has 2 rings (SSSR count). The maximum atomic E-state index is 11.5. The Labute approximate surface area is 148 Å². The summed E-state index contributed by atoms with van der Waals surface area (Å²) in [6.07, 6.45) is 5.13. The Balaban J connectivity index is 2.32. The zero-order chi connectivity index (χ0) is 18.2. The van der Waals surface area contributed by atoms with Crippen LogP contribution in [0, 0.1) is 10.1 Å². The molecule has 0 spiro atoms. The number of rotatable bonds is 9. The highest BCUT2D eigenvalue weighted by Gasteiger charge is 2.26. The third-order valence-corrected chi connectivity index (χ3v) is 4.16. The predicted octanol–water partition coefficient (Wildman–Crippen LogP) is 5.71. The number of nitro benzene ring substituents is 1. The molecular weight excluding hydrogens is 318 g/mol. The van der Waals surface area contributed by atoms with Gasteiger partial charge in [0.25, 0.3) is 0 Å². The normalized spacial score (nSPS) is 11.9. The van der Waals surface area contributed by atoms with Gasteiger partial charge >= 0.3 is 5.69 Å². The Hall–Kier alpha value is -2.56. The second-order valence-electron chi connectivity index (χ2n) is 6.21. The summed E-state index contributed by atoms with van der Waals surface area (Å²) in [5.74, 6) is -0.239. The van der Waals surface area contributed by atoms with Crippen molar-refractivity contribution in [3.05, 3.63) is 52.6 Å². The number of hydrogen-bond donors (Lipinski definition) is 1. The highest BCUT2D eigenvalue weighted by molar-refractivity contribution is 5.78. The van der Waals surface area contributed by atoms with E-state index < -0.39 is 4.92 Å². The largest absolute Gasteiger partial charge is 0.502 e. The Kier molecular flexibility index (Phi) is 6.81. The number of unbranched alkanes of at least 4 members (excludes halogenated alkanes) is 3. The molecule has 0 fully saturated rings. The number of nitrogens with zero attached hydrogens (tertiary/aromatic N) is 1. The van der Waals surface area contributed by atoms with Gasteiger partial charge in [0.05, 0.1) is 11.0 Å². The lowest BCUT2D eigenvalue weighted by molar-refractivity contribution is -0.387. The molecular formula is C20H25NO4. The van der Waals surface area contributed by atoms with Gasteiger partial charge in [-0.15, -0.1) is 0 Å². The minimum Gasteiger partial charge on any atom is -0.502 e. The smallest absolute Gasteiger partial charge is 0.352 e. The second-order valence-corrected chi connectivity index (χ2v) is 6.21. The molecule has 1 unspecified atom stereocenters. The molecule has 0 saturated heterocycles. The minimum absolute atomic E-state index is 0.138. The molecule has 1 N–H and O–H groups in total. The summed E-state index contributed by atoms with van der Waals surface area (Å²) in [7, 11) is 0. The molecule has 0 aliphatic rings. The van der Waals surface area contributed by atoms with E-state index in [0.29, 0.717) is 5.56 Å². The molecule has 0 saturated carbocycles. The average molecular weight is 343 g/mol. The van der Waals surface area contributed by atoms with Gasteiger partial charge < -0.3 is 9.84 Å². The van der Waals surface area contributed by atoms with Crippen LogP contribution in [0.25, 0.3) is 11.1 Å². The maximum Gasteiger partial charge on any atom is 0.352 e. The van der Waals surface area contributed by atoms with E-state index in [2.05, 4.69) is 6.92 Å². The molecule has 2 aromatic rings. The van der Waals surface area contributed by atoms with Gasteiger partial charge in [-0.05, 0) is 37.5 Å². The first-order valence-electron chi connectivity index (χ1n) is 8.77. The Morgan fingerprint density at radius 1 is 1.12 bits per heavy atom. The number of phenolic OH excluding ortho intramolecular Hbond substituents is 1. The van der Waals surface area contributed by atoms with Crippen LogP contribution < -0.4 is 4.74 Å². The van der Waals surface area contributed by atoms with Gasteiger partial charge in [-0.1, -0.05) is 56.5 Å². The van der Waals surface area contributed by atoms with Crippen LogP contribution in [0.1, 0.15) is 46.0 Å². The van der Waals surface area contributed by atoms with Crippen LogP contribution in [-0.2, 0) is 0 Å². The van der Waals surface area contributed by atoms with E-state index in [1.807, 2.05) is 37.3 Å². The van der Waals surface area contributed by atoms with Gasteiger partial charge in [-0.25, -0.2) is 0 Å². The first-order chi connectivity index (χ1) is 12.0. The van der Waals surface area contributed by atoms with E-state index in [-0.39, 0.29) is 23.3 Å². The number of benzene rings is 2. The molecule has 0 radical (unpaired) electrons. The summed E-state index contributed by atoms with van der Waals surface area (Å²) < 4.78 is 5.95. The molecule has 0 aromatic heterocycles. The molecule has 2 aromatic carbocycles. The Bertz CT molecular complexity index is 700. The van der Waals surface area contributed by atoms with Crippen molar-refractivity contribution in [3.8, 4) is 22.6 Å². The molecule has 0 amide bonds. The maximum absolute atomic E-state index is 11.5. The third-order valence-electron chi connectivity index (χ3n) is 4.16. The van der Waals surface area contributed by atoms with Crippen LogP contribution in [0.5, 0.6) is 11.5 Å². The number of ether oxygens (including phenoxy) is 1. The zero-order valence-corrected chi connectivity index (χ0v) is 14.8. The molecule has 134 valence electrons. The van der Waals surface area contributed by atoms with Gasteiger partial charge in [-0.2, -0.15) is 0 Å². The lowest BCUT2D eigenvalue weighted by Crippen LogP contribution is -2.13. The number of hydrogen-bond acceptors (Lipinski definition) is 4. The highest BCUT2D eigenvalue weighted by Crippen LogP contribution is 2.44. The van der Waals surface area contributed by atoms with Crippen molar-refractivity contribution in [3.63, 3.8) is 0 Å². The van der Waals surface area contributed by atoms with Crippen LogP contribution in [0.3, 0.4) is 0 Å². The van der Waals surface area contributed by atoms with Crippen molar-refractivity contribution >= 4 is 5.69 Å². The zero-order valence-electron chi connectivity index (χ0n) is 14.8. The number of nitro groups is 1. The van der Waals surface area contributed by atoms with Crippen LogP contribution in [0.15, 0.2) is 42.5 Å². The fourth-order valence-corrected chi connectivity index (χ4v) is 2.82. The summed E-state index contributed by atoms with van der Waals surface area (Å²) in [5, 5.41) is 21.4. The van der Waals surface area contributed by atoms with E-state index in [4.69, 9.17) is 4.74 Å². The standard InChI is InChI=1S/C20H25NO4/c1-3-4-5-7-10-15(2)25-20-17(16-11-8-6-9-12-16)13-14-18(22)19(20)21(23)24/h6,8-9,11-15,22H,3-5,7,10H2,1-2H3. The first-order valence-corrected chi connectivity index (χ1v) is 8.77. The van der Waals surface area contributed by atoms with Crippen molar-refractivity contribution < 1.29 is 14.8 Å². The quantitative estimate of drug-likeness (QED) is 0.360. The molecule has 25 heavy (non-hydrogen) atoms. The van der Waals surface area contributed by atoms with Crippen LogP contribution in [-0.4, -0.2) is 16.1 Å². The van der Waals surface area contributed by atoms with E-state index in [1.165, 1.54) is 12.5 Å². The lowest BCUT2D eigenvalue weighted by atomic mass is 10.0. The minimum atomic E-state index is -0.582. The second kappa shape index (κ2) is 9.06. The van der Waals surface area contributed by atoms with E-state index in [9.17, 15) is 15.2 Å². The topological polar surface area (TPSA) is 72.6 Å². The van der Waals surface area contributed by atoms with Crippen molar-refractivity contribution in [2.45, 2.75) is 52.1 Å². The van der Waals surface area contributed by atoms with Crippen LogP contribution in [0.2, 0.25) is 0 Å². The molecule has 0 aliphatic heterocycles. The van der Waals surface area contributed by atoms with Crippen molar-refractivity contribution in [1.82, 2.24) is 0 Å².